The lowest BCUT2D eigenvalue weighted by atomic mass is 10.2. The van der Waals surface area contributed by atoms with Gasteiger partial charge in [-0.2, -0.15) is 0 Å². The summed E-state index contributed by atoms with van der Waals surface area (Å²) in [5.41, 5.74) is 1.95. The zero-order valence-electron chi connectivity index (χ0n) is 9.14. The third-order valence-corrected chi connectivity index (χ3v) is 2.49. The minimum Gasteiger partial charge on any atom is -0.320 e. The Labute approximate surface area is 104 Å². The van der Waals surface area contributed by atoms with E-state index in [4.69, 9.17) is 11.6 Å². The van der Waals surface area contributed by atoms with Crippen LogP contribution in [-0.4, -0.2) is 15.9 Å². The van der Waals surface area contributed by atoms with Crippen LogP contribution in [0.3, 0.4) is 0 Å². The molecule has 0 aliphatic heterocycles. The standard InChI is InChI=1S/C12H10ClN3O/c1-8-6-9(13)2-3-10(8)16-12(17)11-4-5-14-7-15-11/h2-7H,1H3,(H,16,17). The lowest BCUT2D eigenvalue weighted by Gasteiger charge is -2.07. The largest absolute Gasteiger partial charge is 0.320 e. The molecule has 0 bridgehead atoms. The second kappa shape index (κ2) is 4.93. The van der Waals surface area contributed by atoms with Crippen LogP contribution < -0.4 is 5.32 Å². The average molecular weight is 248 g/mol. The molecule has 0 aliphatic rings. The minimum absolute atomic E-state index is 0.266. The Morgan fingerprint density at radius 2 is 2.18 bits per heavy atom. The number of carbonyl (C=O) groups excluding carboxylic acids is 1. The van der Waals surface area contributed by atoms with Gasteiger partial charge < -0.3 is 5.32 Å². The molecule has 1 N–H and O–H groups in total. The SMILES string of the molecule is Cc1cc(Cl)ccc1NC(=O)c1ccncn1. The van der Waals surface area contributed by atoms with E-state index in [9.17, 15) is 4.79 Å². The summed E-state index contributed by atoms with van der Waals surface area (Å²) in [6, 6.07) is 6.83. The van der Waals surface area contributed by atoms with E-state index in [1.807, 2.05) is 6.92 Å². The Hall–Kier alpha value is -1.94. The zero-order valence-corrected chi connectivity index (χ0v) is 9.90. The van der Waals surface area contributed by atoms with Gasteiger partial charge in [-0.1, -0.05) is 11.6 Å². The van der Waals surface area contributed by atoms with E-state index >= 15 is 0 Å². The molecular formula is C12H10ClN3O. The van der Waals surface area contributed by atoms with E-state index < -0.39 is 0 Å². The number of anilines is 1. The third-order valence-electron chi connectivity index (χ3n) is 2.25. The maximum absolute atomic E-state index is 11.8. The highest BCUT2D eigenvalue weighted by molar-refractivity contribution is 6.30. The molecule has 1 aromatic heterocycles. The summed E-state index contributed by atoms with van der Waals surface area (Å²) >= 11 is 5.84. The molecule has 0 atom stereocenters. The highest BCUT2D eigenvalue weighted by Gasteiger charge is 2.08. The van der Waals surface area contributed by atoms with Gasteiger partial charge in [0.1, 0.15) is 12.0 Å². The van der Waals surface area contributed by atoms with Crippen LogP contribution in [0.5, 0.6) is 0 Å². The van der Waals surface area contributed by atoms with Crippen LogP contribution >= 0.6 is 11.6 Å². The van der Waals surface area contributed by atoms with Gasteiger partial charge in [0.15, 0.2) is 0 Å². The lowest BCUT2D eigenvalue weighted by molar-refractivity contribution is 0.102. The second-order valence-electron chi connectivity index (χ2n) is 3.51. The van der Waals surface area contributed by atoms with Crippen molar-refractivity contribution in [3.8, 4) is 0 Å². The molecule has 4 nitrogen and oxygen atoms in total. The maximum atomic E-state index is 11.8. The van der Waals surface area contributed by atoms with Gasteiger partial charge in [0.25, 0.3) is 5.91 Å². The summed E-state index contributed by atoms with van der Waals surface area (Å²) in [4.78, 5) is 19.4. The molecule has 1 aromatic carbocycles. The van der Waals surface area contributed by atoms with Crippen LogP contribution in [0.1, 0.15) is 16.1 Å². The van der Waals surface area contributed by atoms with E-state index in [2.05, 4.69) is 15.3 Å². The zero-order chi connectivity index (χ0) is 12.3. The molecule has 0 fully saturated rings. The fraction of sp³-hybridized carbons (Fsp3) is 0.0833. The number of carbonyl (C=O) groups is 1. The molecule has 0 unspecified atom stereocenters. The third kappa shape index (κ3) is 2.79. The maximum Gasteiger partial charge on any atom is 0.274 e. The topological polar surface area (TPSA) is 54.9 Å². The van der Waals surface area contributed by atoms with Crippen molar-refractivity contribution in [3.63, 3.8) is 0 Å². The number of nitrogens with zero attached hydrogens (tertiary/aromatic N) is 2. The van der Waals surface area contributed by atoms with E-state index in [1.54, 1.807) is 24.3 Å². The molecule has 5 heteroatoms. The van der Waals surface area contributed by atoms with Crippen LogP contribution in [0.2, 0.25) is 5.02 Å². The summed E-state index contributed by atoms with van der Waals surface area (Å²) in [5, 5.41) is 3.41. The molecule has 0 aliphatic carbocycles. The Balaban J connectivity index is 2.19. The predicted octanol–water partition coefficient (Wildman–Crippen LogP) is 2.69. The molecule has 0 spiro atoms. The van der Waals surface area contributed by atoms with E-state index in [1.165, 1.54) is 12.5 Å². The summed E-state index contributed by atoms with van der Waals surface area (Å²) in [6.07, 6.45) is 2.86. The quantitative estimate of drug-likeness (QED) is 0.888. The summed E-state index contributed by atoms with van der Waals surface area (Å²) in [6.45, 7) is 1.88. The molecule has 1 amide bonds. The summed E-state index contributed by atoms with van der Waals surface area (Å²) in [7, 11) is 0. The number of aryl methyl sites for hydroxylation is 1. The highest BCUT2D eigenvalue weighted by atomic mass is 35.5. The molecule has 2 aromatic rings. The van der Waals surface area contributed by atoms with E-state index in [-0.39, 0.29) is 5.91 Å². The Kier molecular flexibility index (Phi) is 3.35. The first kappa shape index (κ1) is 11.5. The lowest BCUT2D eigenvalue weighted by Crippen LogP contribution is -2.14. The van der Waals surface area contributed by atoms with Gasteiger partial charge in [-0.3, -0.25) is 4.79 Å². The van der Waals surface area contributed by atoms with E-state index in [0.29, 0.717) is 10.7 Å². The first-order chi connectivity index (χ1) is 8.16. The smallest absolute Gasteiger partial charge is 0.274 e. The molecule has 1 heterocycles. The van der Waals surface area contributed by atoms with Gasteiger partial charge >= 0.3 is 0 Å². The normalized spacial score (nSPS) is 10.0. The molecule has 0 saturated carbocycles. The van der Waals surface area contributed by atoms with Gasteiger partial charge in [-0.05, 0) is 36.8 Å². The number of nitrogens with one attached hydrogen (secondary N) is 1. The van der Waals surface area contributed by atoms with E-state index in [0.717, 1.165) is 11.3 Å². The van der Waals surface area contributed by atoms with Crippen molar-refractivity contribution in [2.24, 2.45) is 0 Å². The second-order valence-corrected chi connectivity index (χ2v) is 3.94. The van der Waals surface area contributed by atoms with Crippen LogP contribution in [0, 0.1) is 6.92 Å². The Morgan fingerprint density at radius 3 is 2.82 bits per heavy atom. The monoisotopic (exact) mass is 247 g/mol. The predicted molar refractivity (Wildman–Crippen MR) is 66.2 cm³/mol. The summed E-state index contributed by atoms with van der Waals surface area (Å²) < 4.78 is 0. The van der Waals surface area contributed by atoms with Gasteiger partial charge in [0.2, 0.25) is 0 Å². The highest BCUT2D eigenvalue weighted by Crippen LogP contribution is 2.19. The Morgan fingerprint density at radius 1 is 1.35 bits per heavy atom. The van der Waals surface area contributed by atoms with Crippen molar-refractivity contribution in [1.82, 2.24) is 9.97 Å². The average Bonchev–Trinajstić information content (AvgIpc) is 2.34. The molecule has 86 valence electrons. The molecule has 17 heavy (non-hydrogen) atoms. The molecular weight excluding hydrogens is 238 g/mol. The summed E-state index contributed by atoms with van der Waals surface area (Å²) in [5.74, 6) is -0.266. The van der Waals surface area contributed by atoms with Crippen molar-refractivity contribution in [1.29, 1.82) is 0 Å². The van der Waals surface area contributed by atoms with Crippen LogP contribution in [0.4, 0.5) is 5.69 Å². The fourth-order valence-corrected chi connectivity index (χ4v) is 1.61. The van der Waals surface area contributed by atoms with Crippen molar-refractivity contribution in [2.75, 3.05) is 5.32 Å². The first-order valence-corrected chi connectivity index (χ1v) is 5.38. The number of rotatable bonds is 2. The van der Waals surface area contributed by atoms with Gasteiger partial charge in [0, 0.05) is 16.9 Å². The van der Waals surface area contributed by atoms with Crippen LogP contribution in [0.25, 0.3) is 0 Å². The van der Waals surface area contributed by atoms with Crippen molar-refractivity contribution < 1.29 is 4.79 Å². The number of benzene rings is 1. The van der Waals surface area contributed by atoms with Crippen molar-refractivity contribution in [3.05, 3.63) is 53.1 Å². The molecule has 0 radical (unpaired) electrons. The number of halogens is 1. The molecule has 2 rings (SSSR count). The van der Waals surface area contributed by atoms with Crippen molar-refractivity contribution >= 4 is 23.2 Å². The van der Waals surface area contributed by atoms with Gasteiger partial charge in [-0.15, -0.1) is 0 Å². The number of aromatic nitrogens is 2. The fourth-order valence-electron chi connectivity index (χ4n) is 1.38. The van der Waals surface area contributed by atoms with Gasteiger partial charge in [0.05, 0.1) is 0 Å². The number of hydrogen-bond acceptors (Lipinski definition) is 3. The van der Waals surface area contributed by atoms with Gasteiger partial charge in [-0.25, -0.2) is 9.97 Å². The van der Waals surface area contributed by atoms with Crippen molar-refractivity contribution in [2.45, 2.75) is 6.92 Å². The first-order valence-electron chi connectivity index (χ1n) is 5.00. The minimum atomic E-state index is -0.266. The van der Waals surface area contributed by atoms with Crippen LogP contribution in [-0.2, 0) is 0 Å². The van der Waals surface area contributed by atoms with Crippen LogP contribution in [0.15, 0.2) is 36.8 Å². The molecule has 0 saturated heterocycles. The Bertz CT molecular complexity index is 543. The number of hydrogen-bond donors (Lipinski definition) is 1. The number of amides is 1.